The molecule has 2 rings (SSSR count). The standard InChI is InChI=1S/C14H17N3O5/c1-7(18)15-8-4-5-9-10(6-8)12(14(20)22-3)17-16-11(9)13(19)21-2/h8H,4-6H2,1-3H3,(H,15,18). The Morgan fingerprint density at radius 2 is 1.59 bits per heavy atom. The maximum absolute atomic E-state index is 11.8. The number of amides is 1. The number of nitrogens with one attached hydrogen (secondary N) is 1. The molecule has 1 aliphatic rings. The summed E-state index contributed by atoms with van der Waals surface area (Å²) >= 11 is 0. The molecule has 1 heterocycles. The van der Waals surface area contributed by atoms with E-state index < -0.39 is 11.9 Å². The van der Waals surface area contributed by atoms with Gasteiger partial charge in [-0.2, -0.15) is 0 Å². The summed E-state index contributed by atoms with van der Waals surface area (Å²) in [5, 5.41) is 10.4. The topological polar surface area (TPSA) is 107 Å². The summed E-state index contributed by atoms with van der Waals surface area (Å²) in [7, 11) is 2.51. The molecule has 22 heavy (non-hydrogen) atoms. The van der Waals surface area contributed by atoms with Crippen molar-refractivity contribution in [2.45, 2.75) is 32.2 Å². The molecule has 1 N–H and O–H groups in total. The Balaban J connectivity index is 2.47. The van der Waals surface area contributed by atoms with E-state index in [0.717, 1.165) is 0 Å². The number of rotatable bonds is 3. The molecule has 1 aromatic rings. The third kappa shape index (κ3) is 3.05. The summed E-state index contributed by atoms with van der Waals surface area (Å²) in [6, 6.07) is -0.122. The van der Waals surface area contributed by atoms with Gasteiger partial charge in [-0.1, -0.05) is 0 Å². The van der Waals surface area contributed by atoms with Gasteiger partial charge < -0.3 is 14.8 Å². The first-order chi connectivity index (χ1) is 10.5. The first-order valence-corrected chi connectivity index (χ1v) is 6.80. The fourth-order valence-electron chi connectivity index (χ4n) is 2.59. The maximum Gasteiger partial charge on any atom is 0.358 e. The number of aromatic nitrogens is 2. The van der Waals surface area contributed by atoms with Crippen LogP contribution in [0.5, 0.6) is 0 Å². The Kier molecular flexibility index (Phi) is 4.69. The SMILES string of the molecule is COC(=O)c1nnc(C(=O)OC)c2c1CCC(NC(C)=O)C2. The Morgan fingerprint density at radius 3 is 2.09 bits per heavy atom. The number of carbonyl (C=O) groups is 3. The Bertz CT molecular complexity index is 629. The summed E-state index contributed by atoms with van der Waals surface area (Å²) < 4.78 is 9.39. The number of carbonyl (C=O) groups excluding carboxylic acids is 3. The van der Waals surface area contributed by atoms with Gasteiger partial charge >= 0.3 is 11.9 Å². The van der Waals surface area contributed by atoms with E-state index in [4.69, 9.17) is 9.47 Å². The Hall–Kier alpha value is -2.51. The molecule has 1 aromatic heterocycles. The summed E-state index contributed by atoms with van der Waals surface area (Å²) in [5.41, 5.74) is 1.38. The van der Waals surface area contributed by atoms with Crippen molar-refractivity contribution in [1.29, 1.82) is 0 Å². The number of methoxy groups -OCH3 is 2. The molecule has 1 unspecified atom stereocenters. The number of hydrogen-bond donors (Lipinski definition) is 1. The van der Waals surface area contributed by atoms with Crippen molar-refractivity contribution in [3.8, 4) is 0 Å². The first kappa shape index (κ1) is 15.9. The molecule has 1 atom stereocenters. The molecule has 0 spiro atoms. The molecule has 0 bridgehead atoms. The van der Waals surface area contributed by atoms with Gasteiger partial charge in [-0.15, -0.1) is 10.2 Å². The van der Waals surface area contributed by atoms with Crippen molar-refractivity contribution in [3.63, 3.8) is 0 Å². The molecule has 8 heteroatoms. The van der Waals surface area contributed by atoms with E-state index in [1.54, 1.807) is 0 Å². The van der Waals surface area contributed by atoms with Gasteiger partial charge in [0, 0.05) is 13.0 Å². The Morgan fingerprint density at radius 1 is 1.05 bits per heavy atom. The van der Waals surface area contributed by atoms with Crippen molar-refractivity contribution in [2.75, 3.05) is 14.2 Å². The molecule has 8 nitrogen and oxygen atoms in total. The van der Waals surface area contributed by atoms with Crippen LogP contribution < -0.4 is 5.32 Å². The molecular weight excluding hydrogens is 290 g/mol. The normalized spacial score (nSPS) is 16.4. The van der Waals surface area contributed by atoms with Crippen molar-refractivity contribution in [1.82, 2.24) is 15.5 Å². The number of ether oxygens (including phenoxy) is 2. The highest BCUT2D eigenvalue weighted by Crippen LogP contribution is 2.26. The van der Waals surface area contributed by atoms with Crippen molar-refractivity contribution < 1.29 is 23.9 Å². The highest BCUT2D eigenvalue weighted by atomic mass is 16.5. The highest BCUT2D eigenvalue weighted by Gasteiger charge is 2.30. The van der Waals surface area contributed by atoms with Crippen LogP contribution in [0.4, 0.5) is 0 Å². The summed E-state index contributed by atoms with van der Waals surface area (Å²) in [4.78, 5) is 34.8. The van der Waals surface area contributed by atoms with E-state index in [-0.39, 0.29) is 23.3 Å². The fourth-order valence-corrected chi connectivity index (χ4v) is 2.59. The summed E-state index contributed by atoms with van der Waals surface area (Å²) in [6.45, 7) is 1.43. The van der Waals surface area contributed by atoms with Crippen molar-refractivity contribution in [2.24, 2.45) is 0 Å². The molecule has 0 radical (unpaired) electrons. The van der Waals surface area contributed by atoms with Crippen LogP contribution in [-0.2, 0) is 27.1 Å². The van der Waals surface area contributed by atoms with Gasteiger partial charge in [0.2, 0.25) is 5.91 Å². The van der Waals surface area contributed by atoms with Gasteiger partial charge in [-0.05, 0) is 30.4 Å². The minimum absolute atomic E-state index is 0.0696. The summed E-state index contributed by atoms with van der Waals surface area (Å²) in [5.74, 6) is -1.37. The van der Waals surface area contributed by atoms with E-state index >= 15 is 0 Å². The molecule has 0 fully saturated rings. The second-order valence-electron chi connectivity index (χ2n) is 4.98. The lowest BCUT2D eigenvalue weighted by Crippen LogP contribution is -2.39. The van der Waals surface area contributed by atoms with Crippen molar-refractivity contribution >= 4 is 17.8 Å². The maximum atomic E-state index is 11.8. The smallest absolute Gasteiger partial charge is 0.358 e. The minimum Gasteiger partial charge on any atom is -0.464 e. The molecule has 0 saturated heterocycles. The van der Waals surface area contributed by atoms with Gasteiger partial charge in [0.25, 0.3) is 0 Å². The predicted octanol–water partition coefficient (Wildman–Crippen LogP) is 0.0432. The van der Waals surface area contributed by atoms with Crippen molar-refractivity contribution in [3.05, 3.63) is 22.5 Å². The highest BCUT2D eigenvalue weighted by molar-refractivity contribution is 5.93. The average Bonchev–Trinajstić information content (AvgIpc) is 2.51. The second kappa shape index (κ2) is 6.50. The van der Waals surface area contributed by atoms with E-state index in [9.17, 15) is 14.4 Å². The third-order valence-electron chi connectivity index (χ3n) is 3.54. The van der Waals surface area contributed by atoms with Crippen LogP contribution >= 0.6 is 0 Å². The van der Waals surface area contributed by atoms with Gasteiger partial charge in [-0.25, -0.2) is 9.59 Å². The molecule has 1 aliphatic carbocycles. The van der Waals surface area contributed by atoms with Crippen LogP contribution in [0, 0.1) is 0 Å². The number of fused-ring (bicyclic) bond motifs is 1. The number of hydrogen-bond acceptors (Lipinski definition) is 7. The molecule has 0 aliphatic heterocycles. The zero-order valence-corrected chi connectivity index (χ0v) is 12.6. The zero-order chi connectivity index (χ0) is 16.3. The van der Waals surface area contributed by atoms with Crippen LogP contribution in [0.2, 0.25) is 0 Å². The molecule has 0 saturated carbocycles. The van der Waals surface area contributed by atoms with E-state index in [1.807, 2.05) is 0 Å². The largest absolute Gasteiger partial charge is 0.464 e. The monoisotopic (exact) mass is 307 g/mol. The van der Waals surface area contributed by atoms with E-state index in [1.165, 1.54) is 21.1 Å². The van der Waals surface area contributed by atoms with Gasteiger partial charge in [-0.3, -0.25) is 4.79 Å². The lowest BCUT2D eigenvalue weighted by atomic mass is 9.86. The lowest BCUT2D eigenvalue weighted by Gasteiger charge is -2.26. The second-order valence-corrected chi connectivity index (χ2v) is 4.98. The quantitative estimate of drug-likeness (QED) is 0.786. The molecule has 0 aromatic carbocycles. The Labute approximate surface area is 127 Å². The van der Waals surface area contributed by atoms with Gasteiger partial charge in [0.15, 0.2) is 11.4 Å². The van der Waals surface area contributed by atoms with Crippen LogP contribution in [-0.4, -0.2) is 48.3 Å². The van der Waals surface area contributed by atoms with Crippen LogP contribution in [0.3, 0.4) is 0 Å². The predicted molar refractivity (Wildman–Crippen MR) is 74.3 cm³/mol. The van der Waals surface area contributed by atoms with E-state index in [0.29, 0.717) is 30.4 Å². The first-order valence-electron chi connectivity index (χ1n) is 6.80. The lowest BCUT2D eigenvalue weighted by molar-refractivity contribution is -0.119. The fraction of sp³-hybridized carbons (Fsp3) is 0.500. The van der Waals surface area contributed by atoms with Crippen LogP contribution in [0.1, 0.15) is 45.4 Å². The third-order valence-corrected chi connectivity index (χ3v) is 3.54. The van der Waals surface area contributed by atoms with Crippen LogP contribution in [0.25, 0.3) is 0 Å². The van der Waals surface area contributed by atoms with Gasteiger partial charge in [0.05, 0.1) is 14.2 Å². The van der Waals surface area contributed by atoms with E-state index in [2.05, 4.69) is 15.5 Å². The minimum atomic E-state index is -0.622. The van der Waals surface area contributed by atoms with Crippen LogP contribution in [0.15, 0.2) is 0 Å². The zero-order valence-electron chi connectivity index (χ0n) is 12.6. The average molecular weight is 307 g/mol. The molecular formula is C14H17N3O5. The van der Waals surface area contributed by atoms with Gasteiger partial charge in [0.1, 0.15) is 0 Å². The number of esters is 2. The number of nitrogens with zero attached hydrogens (tertiary/aromatic N) is 2. The molecule has 118 valence electrons. The molecule has 1 amide bonds. The summed E-state index contributed by atoms with van der Waals surface area (Å²) in [6.07, 6.45) is 1.52.